The second kappa shape index (κ2) is 8.22. The normalized spacial score (nSPS) is 16.2. The number of aliphatic carboxylic acids is 1. The highest BCUT2D eigenvalue weighted by atomic mass is 35.5. The fourth-order valence-electron chi connectivity index (χ4n) is 3.77. The SMILES string of the molecule is O=C(O)Cn1ncc2c1CCCC2NS(=O)(=O)c1ccc(-c2ccccc2Cl)cc1. The Bertz CT molecular complexity index is 1190. The van der Waals surface area contributed by atoms with Gasteiger partial charge < -0.3 is 5.11 Å². The van der Waals surface area contributed by atoms with E-state index in [1.807, 2.05) is 18.2 Å². The lowest BCUT2D eigenvalue weighted by molar-refractivity contribution is -0.137. The molecule has 9 heteroatoms. The number of sulfonamides is 1. The third-order valence-electron chi connectivity index (χ3n) is 5.19. The van der Waals surface area contributed by atoms with Crippen LogP contribution in [0.4, 0.5) is 0 Å². The van der Waals surface area contributed by atoms with E-state index in [2.05, 4.69) is 9.82 Å². The van der Waals surface area contributed by atoms with Crippen LogP contribution in [0.2, 0.25) is 5.02 Å². The zero-order valence-corrected chi connectivity index (χ0v) is 17.5. The molecule has 0 saturated carbocycles. The molecular weight excluding hydrogens is 426 g/mol. The minimum atomic E-state index is -3.76. The zero-order valence-electron chi connectivity index (χ0n) is 16.0. The van der Waals surface area contributed by atoms with Crippen LogP contribution in [-0.4, -0.2) is 29.3 Å². The maximum atomic E-state index is 13.0. The number of carboxylic acids is 1. The van der Waals surface area contributed by atoms with E-state index in [9.17, 15) is 13.2 Å². The van der Waals surface area contributed by atoms with Crippen LogP contribution in [0.15, 0.2) is 59.6 Å². The lowest BCUT2D eigenvalue weighted by Crippen LogP contribution is -2.31. The minimum absolute atomic E-state index is 0.156. The Morgan fingerprint density at radius 1 is 1.20 bits per heavy atom. The van der Waals surface area contributed by atoms with Gasteiger partial charge in [-0.3, -0.25) is 9.48 Å². The molecule has 0 fully saturated rings. The van der Waals surface area contributed by atoms with Crippen molar-refractivity contribution in [2.24, 2.45) is 0 Å². The number of hydrogen-bond acceptors (Lipinski definition) is 4. The van der Waals surface area contributed by atoms with Gasteiger partial charge in [0.25, 0.3) is 0 Å². The van der Waals surface area contributed by atoms with Crippen LogP contribution in [-0.2, 0) is 27.8 Å². The molecule has 0 bridgehead atoms. The number of nitrogens with zero attached hydrogens (tertiary/aromatic N) is 2. The molecule has 7 nitrogen and oxygen atoms in total. The summed E-state index contributed by atoms with van der Waals surface area (Å²) in [5.74, 6) is -0.984. The quantitative estimate of drug-likeness (QED) is 0.603. The molecule has 2 N–H and O–H groups in total. The second-order valence-corrected chi connectivity index (χ2v) is 9.29. The van der Waals surface area contributed by atoms with Crippen molar-refractivity contribution in [1.29, 1.82) is 0 Å². The van der Waals surface area contributed by atoms with Gasteiger partial charge in [-0.1, -0.05) is 41.9 Å². The van der Waals surface area contributed by atoms with Crippen LogP contribution >= 0.6 is 11.6 Å². The number of fused-ring (bicyclic) bond motifs is 1. The van der Waals surface area contributed by atoms with E-state index in [0.717, 1.165) is 28.8 Å². The fourth-order valence-corrected chi connectivity index (χ4v) is 5.26. The number of halogens is 1. The highest BCUT2D eigenvalue weighted by Crippen LogP contribution is 2.32. The summed E-state index contributed by atoms with van der Waals surface area (Å²) in [6.45, 7) is -0.238. The van der Waals surface area contributed by atoms with Crippen molar-refractivity contribution in [3.05, 3.63) is 71.0 Å². The number of aromatic nitrogens is 2. The molecule has 3 aromatic rings. The Hall–Kier alpha value is -2.68. The molecule has 4 rings (SSSR count). The summed E-state index contributed by atoms with van der Waals surface area (Å²) in [6, 6.07) is 13.5. The van der Waals surface area contributed by atoms with Crippen LogP contribution in [0.5, 0.6) is 0 Å². The Morgan fingerprint density at radius 2 is 1.93 bits per heavy atom. The van der Waals surface area contributed by atoms with E-state index in [1.165, 1.54) is 4.68 Å². The summed E-state index contributed by atoms with van der Waals surface area (Å²) in [5.41, 5.74) is 3.16. The molecule has 2 aromatic carbocycles. The molecule has 1 unspecified atom stereocenters. The van der Waals surface area contributed by atoms with Gasteiger partial charge in [-0.15, -0.1) is 0 Å². The van der Waals surface area contributed by atoms with Crippen LogP contribution in [0.25, 0.3) is 11.1 Å². The smallest absolute Gasteiger partial charge is 0.325 e. The summed E-state index contributed by atoms with van der Waals surface area (Å²) in [7, 11) is -3.76. The lowest BCUT2D eigenvalue weighted by Gasteiger charge is -2.24. The Balaban J connectivity index is 1.57. The maximum Gasteiger partial charge on any atom is 0.325 e. The number of rotatable bonds is 6. The Kier molecular flexibility index (Phi) is 5.64. The van der Waals surface area contributed by atoms with Crippen molar-refractivity contribution < 1.29 is 18.3 Å². The monoisotopic (exact) mass is 445 g/mol. The lowest BCUT2D eigenvalue weighted by atomic mass is 9.94. The third-order valence-corrected chi connectivity index (χ3v) is 7.01. The first-order chi connectivity index (χ1) is 14.3. The van der Waals surface area contributed by atoms with Crippen molar-refractivity contribution in [2.45, 2.75) is 36.7 Å². The summed E-state index contributed by atoms with van der Waals surface area (Å²) in [6.07, 6.45) is 3.61. The van der Waals surface area contributed by atoms with Gasteiger partial charge in [0.1, 0.15) is 6.54 Å². The average molecular weight is 446 g/mol. The third kappa shape index (κ3) is 4.12. The molecule has 1 heterocycles. The molecule has 1 atom stereocenters. The van der Waals surface area contributed by atoms with E-state index >= 15 is 0 Å². The number of carbonyl (C=O) groups is 1. The van der Waals surface area contributed by atoms with Gasteiger partial charge in [-0.05, 0) is 43.0 Å². The minimum Gasteiger partial charge on any atom is -0.480 e. The molecule has 1 aromatic heterocycles. The van der Waals surface area contributed by atoms with E-state index in [1.54, 1.807) is 36.5 Å². The molecule has 156 valence electrons. The van der Waals surface area contributed by atoms with Crippen molar-refractivity contribution in [2.75, 3.05) is 0 Å². The van der Waals surface area contributed by atoms with Crippen molar-refractivity contribution in [3.63, 3.8) is 0 Å². The van der Waals surface area contributed by atoms with E-state index < -0.39 is 22.0 Å². The van der Waals surface area contributed by atoms with Gasteiger partial charge in [0.2, 0.25) is 10.0 Å². The number of nitrogens with one attached hydrogen (secondary N) is 1. The molecule has 0 amide bonds. The molecule has 0 aliphatic heterocycles. The van der Waals surface area contributed by atoms with Gasteiger partial charge in [-0.2, -0.15) is 5.10 Å². The highest BCUT2D eigenvalue weighted by Gasteiger charge is 2.29. The van der Waals surface area contributed by atoms with Gasteiger partial charge in [0.05, 0.1) is 17.1 Å². The predicted molar refractivity (Wildman–Crippen MR) is 113 cm³/mol. The zero-order chi connectivity index (χ0) is 21.3. The van der Waals surface area contributed by atoms with Gasteiger partial charge in [0.15, 0.2) is 0 Å². The molecule has 1 aliphatic rings. The van der Waals surface area contributed by atoms with Crippen molar-refractivity contribution in [1.82, 2.24) is 14.5 Å². The average Bonchev–Trinajstić information content (AvgIpc) is 3.12. The summed E-state index contributed by atoms with van der Waals surface area (Å²) in [5, 5.41) is 13.8. The largest absolute Gasteiger partial charge is 0.480 e. The Labute approximate surface area is 179 Å². The number of benzene rings is 2. The molecular formula is C21H20ClN3O4S. The van der Waals surface area contributed by atoms with Crippen LogP contribution in [0.1, 0.15) is 30.1 Å². The molecule has 30 heavy (non-hydrogen) atoms. The van der Waals surface area contributed by atoms with Crippen LogP contribution in [0, 0.1) is 0 Å². The van der Waals surface area contributed by atoms with Crippen molar-refractivity contribution >= 4 is 27.6 Å². The Morgan fingerprint density at radius 3 is 2.63 bits per heavy atom. The number of carboxylic acid groups (broad SMARTS) is 1. The fraction of sp³-hybridized carbons (Fsp3) is 0.238. The topological polar surface area (TPSA) is 101 Å². The van der Waals surface area contributed by atoms with Gasteiger partial charge in [-0.25, -0.2) is 13.1 Å². The van der Waals surface area contributed by atoms with Gasteiger partial charge in [0, 0.05) is 21.8 Å². The van der Waals surface area contributed by atoms with Crippen molar-refractivity contribution in [3.8, 4) is 11.1 Å². The first-order valence-corrected chi connectivity index (χ1v) is 11.3. The second-order valence-electron chi connectivity index (χ2n) is 7.17. The standard InChI is InChI=1S/C21H20ClN3O4S/c22-18-5-2-1-4-16(18)14-8-10-15(11-9-14)30(28,29)24-19-6-3-7-20-17(19)12-23-25(20)13-21(26)27/h1-2,4-5,8-12,19,24H,3,6-7,13H2,(H,26,27). The van der Waals surface area contributed by atoms with Crippen LogP contribution < -0.4 is 4.72 Å². The highest BCUT2D eigenvalue weighted by molar-refractivity contribution is 7.89. The first-order valence-electron chi connectivity index (χ1n) is 9.49. The predicted octanol–water partition coefficient (Wildman–Crippen LogP) is 3.64. The molecule has 1 aliphatic carbocycles. The van der Waals surface area contributed by atoms with E-state index in [4.69, 9.17) is 16.7 Å². The summed E-state index contributed by atoms with van der Waals surface area (Å²) >= 11 is 6.22. The molecule has 0 radical (unpaired) electrons. The van der Waals surface area contributed by atoms with Crippen LogP contribution in [0.3, 0.4) is 0 Å². The number of hydrogen-bond donors (Lipinski definition) is 2. The molecule has 0 saturated heterocycles. The van der Waals surface area contributed by atoms with Gasteiger partial charge >= 0.3 is 5.97 Å². The summed E-state index contributed by atoms with van der Waals surface area (Å²) in [4.78, 5) is 11.2. The summed E-state index contributed by atoms with van der Waals surface area (Å²) < 4.78 is 30.1. The maximum absolute atomic E-state index is 13.0. The van der Waals surface area contributed by atoms with E-state index in [0.29, 0.717) is 17.9 Å². The molecule has 0 spiro atoms. The van der Waals surface area contributed by atoms with E-state index in [-0.39, 0.29) is 11.4 Å². The first kappa shape index (κ1) is 20.6.